The highest BCUT2D eigenvalue weighted by Gasteiger charge is 2.30. The predicted molar refractivity (Wildman–Crippen MR) is 153 cm³/mol. The third-order valence-corrected chi connectivity index (χ3v) is 7.32. The summed E-state index contributed by atoms with van der Waals surface area (Å²) in [5, 5.41) is 9.06. The fourth-order valence-electron chi connectivity index (χ4n) is 5.27. The van der Waals surface area contributed by atoms with Crippen molar-refractivity contribution >= 4 is 28.4 Å². The molecule has 39 heavy (non-hydrogen) atoms. The number of hydrogen-bond donors (Lipinski definition) is 2. The van der Waals surface area contributed by atoms with E-state index in [9.17, 15) is 4.79 Å². The molecule has 6 rings (SSSR count). The van der Waals surface area contributed by atoms with E-state index in [2.05, 4.69) is 58.6 Å². The third-order valence-electron chi connectivity index (χ3n) is 7.32. The first-order chi connectivity index (χ1) is 19.0. The van der Waals surface area contributed by atoms with Gasteiger partial charge in [-0.3, -0.25) is 4.79 Å². The second-order valence-corrected chi connectivity index (χ2v) is 9.97. The molecule has 3 aromatic carbocycles. The molecule has 5 aromatic rings. The quantitative estimate of drug-likeness (QED) is 0.313. The van der Waals surface area contributed by atoms with Gasteiger partial charge in [0.05, 0.1) is 17.3 Å². The standard InChI is InChI=1S/C30H31N7O2/c1-35(15-4-14-31)19-22-5-2-3-6-25(22)20-7-9-23(10-8-20)36-16-13-21-18-33-37(28(21)30(36)38)24-11-12-27-26(17-24)29(32)34-39-27/h2-3,5-12,17-18H,4,13-16,19,31H2,1H3,(H2,32,34). The van der Waals surface area contributed by atoms with Gasteiger partial charge in [-0.1, -0.05) is 41.6 Å². The topological polar surface area (TPSA) is 119 Å². The van der Waals surface area contributed by atoms with E-state index in [1.807, 2.05) is 29.2 Å². The zero-order valence-corrected chi connectivity index (χ0v) is 21.9. The van der Waals surface area contributed by atoms with E-state index < -0.39 is 0 Å². The summed E-state index contributed by atoms with van der Waals surface area (Å²) < 4.78 is 6.91. The van der Waals surface area contributed by atoms with Gasteiger partial charge < -0.3 is 25.8 Å². The maximum atomic E-state index is 13.8. The van der Waals surface area contributed by atoms with Crippen LogP contribution in [0.15, 0.2) is 77.4 Å². The van der Waals surface area contributed by atoms with Crippen LogP contribution in [0.2, 0.25) is 0 Å². The number of anilines is 2. The average Bonchev–Trinajstić information content (AvgIpc) is 3.56. The summed E-state index contributed by atoms with van der Waals surface area (Å²) >= 11 is 0. The van der Waals surface area contributed by atoms with E-state index in [4.69, 9.17) is 16.0 Å². The maximum absolute atomic E-state index is 13.8. The Kier molecular flexibility index (Phi) is 6.60. The SMILES string of the molecule is CN(CCCN)Cc1ccccc1-c1ccc(N2CCc3cnn(-c4ccc5onc(N)c5c4)c3C2=O)cc1. The smallest absolute Gasteiger partial charge is 0.277 e. The number of amides is 1. The van der Waals surface area contributed by atoms with Gasteiger partial charge in [-0.15, -0.1) is 0 Å². The van der Waals surface area contributed by atoms with Gasteiger partial charge in [-0.25, -0.2) is 4.68 Å². The molecular formula is C30H31N7O2. The molecule has 0 aliphatic carbocycles. The van der Waals surface area contributed by atoms with Crippen molar-refractivity contribution in [2.45, 2.75) is 19.4 Å². The molecule has 1 aliphatic rings. The molecule has 0 fully saturated rings. The number of benzene rings is 3. The lowest BCUT2D eigenvalue weighted by atomic mass is 9.98. The lowest BCUT2D eigenvalue weighted by molar-refractivity contribution is 0.0973. The fourth-order valence-corrected chi connectivity index (χ4v) is 5.27. The van der Waals surface area contributed by atoms with Crippen LogP contribution < -0.4 is 16.4 Å². The van der Waals surface area contributed by atoms with Crippen molar-refractivity contribution in [3.8, 4) is 16.8 Å². The molecular weight excluding hydrogens is 490 g/mol. The second kappa shape index (κ2) is 10.4. The van der Waals surface area contributed by atoms with E-state index in [1.165, 1.54) is 11.1 Å². The number of aromatic nitrogens is 3. The highest BCUT2D eigenvalue weighted by atomic mass is 16.5. The Labute approximate surface area is 226 Å². The molecule has 9 nitrogen and oxygen atoms in total. The molecule has 4 N–H and O–H groups in total. The average molecular weight is 522 g/mol. The van der Waals surface area contributed by atoms with Crippen molar-refractivity contribution in [3.05, 3.63) is 89.7 Å². The van der Waals surface area contributed by atoms with Gasteiger partial charge in [0.15, 0.2) is 11.4 Å². The maximum Gasteiger partial charge on any atom is 0.277 e. The van der Waals surface area contributed by atoms with E-state index in [0.717, 1.165) is 48.4 Å². The van der Waals surface area contributed by atoms with Gasteiger partial charge in [-0.05, 0) is 80.0 Å². The van der Waals surface area contributed by atoms with Gasteiger partial charge >= 0.3 is 0 Å². The number of rotatable bonds is 8. The van der Waals surface area contributed by atoms with Gasteiger partial charge in [0.2, 0.25) is 0 Å². The molecule has 0 atom stereocenters. The third kappa shape index (κ3) is 4.67. The first kappa shape index (κ1) is 24.8. The molecule has 9 heteroatoms. The Morgan fingerprint density at radius 1 is 1.05 bits per heavy atom. The molecule has 0 saturated carbocycles. The number of carbonyl (C=O) groups excluding carboxylic acids is 1. The molecule has 1 amide bonds. The minimum Gasteiger partial charge on any atom is -0.380 e. The van der Waals surface area contributed by atoms with Crippen molar-refractivity contribution < 1.29 is 9.32 Å². The van der Waals surface area contributed by atoms with E-state index in [1.54, 1.807) is 16.9 Å². The van der Waals surface area contributed by atoms with Crippen LogP contribution >= 0.6 is 0 Å². The van der Waals surface area contributed by atoms with Gasteiger partial charge in [0.1, 0.15) is 5.69 Å². The van der Waals surface area contributed by atoms with Crippen LogP contribution in [0.1, 0.15) is 28.0 Å². The van der Waals surface area contributed by atoms with Gasteiger partial charge in [0.25, 0.3) is 5.91 Å². The summed E-state index contributed by atoms with van der Waals surface area (Å²) in [5.74, 6) is 0.228. The van der Waals surface area contributed by atoms with Crippen molar-refractivity contribution in [1.29, 1.82) is 0 Å². The van der Waals surface area contributed by atoms with Crippen LogP contribution in [0.5, 0.6) is 0 Å². The van der Waals surface area contributed by atoms with Gasteiger partial charge in [0, 0.05) is 24.3 Å². The number of hydrogen-bond acceptors (Lipinski definition) is 7. The first-order valence-corrected chi connectivity index (χ1v) is 13.1. The van der Waals surface area contributed by atoms with E-state index in [0.29, 0.717) is 35.6 Å². The van der Waals surface area contributed by atoms with Crippen LogP contribution in [0.25, 0.3) is 27.8 Å². The molecule has 0 saturated heterocycles. The molecule has 0 bridgehead atoms. The zero-order valence-electron chi connectivity index (χ0n) is 21.9. The van der Waals surface area contributed by atoms with Crippen molar-refractivity contribution in [3.63, 3.8) is 0 Å². The molecule has 0 spiro atoms. The summed E-state index contributed by atoms with van der Waals surface area (Å²) in [6, 6.07) is 22.2. The highest BCUT2D eigenvalue weighted by Crippen LogP contribution is 2.31. The minimum absolute atomic E-state index is 0.0817. The number of nitrogen functional groups attached to an aromatic ring is 1. The number of nitrogens with two attached hydrogens (primary N) is 2. The minimum atomic E-state index is -0.0817. The van der Waals surface area contributed by atoms with Crippen LogP contribution in [0.4, 0.5) is 11.5 Å². The molecule has 198 valence electrons. The fraction of sp³-hybridized carbons (Fsp3) is 0.233. The molecule has 0 unspecified atom stereocenters. The lowest BCUT2D eigenvalue weighted by Gasteiger charge is -2.28. The van der Waals surface area contributed by atoms with Crippen LogP contribution in [0, 0.1) is 0 Å². The summed E-state index contributed by atoms with van der Waals surface area (Å²) in [6.45, 7) is 3.09. The predicted octanol–water partition coefficient (Wildman–Crippen LogP) is 4.25. The Bertz CT molecular complexity index is 1640. The van der Waals surface area contributed by atoms with Crippen LogP contribution in [-0.2, 0) is 13.0 Å². The number of carbonyl (C=O) groups is 1. The Balaban J connectivity index is 1.26. The number of nitrogens with zero attached hydrogens (tertiary/aromatic N) is 5. The van der Waals surface area contributed by atoms with Crippen molar-refractivity contribution in [2.24, 2.45) is 5.73 Å². The summed E-state index contributed by atoms with van der Waals surface area (Å²) in [6.07, 6.45) is 3.47. The number of fused-ring (bicyclic) bond motifs is 2. The Hall–Kier alpha value is -4.47. The zero-order chi connectivity index (χ0) is 26.9. The normalized spacial score (nSPS) is 13.4. The van der Waals surface area contributed by atoms with E-state index >= 15 is 0 Å². The molecule has 2 aromatic heterocycles. The molecule has 0 radical (unpaired) electrons. The van der Waals surface area contributed by atoms with Crippen LogP contribution in [-0.4, -0.2) is 52.4 Å². The Morgan fingerprint density at radius 3 is 2.67 bits per heavy atom. The molecule has 1 aliphatic heterocycles. The van der Waals surface area contributed by atoms with Crippen molar-refractivity contribution in [1.82, 2.24) is 19.8 Å². The lowest BCUT2D eigenvalue weighted by Crippen LogP contribution is -2.38. The first-order valence-electron chi connectivity index (χ1n) is 13.1. The van der Waals surface area contributed by atoms with E-state index in [-0.39, 0.29) is 5.91 Å². The van der Waals surface area contributed by atoms with Gasteiger partial charge in [-0.2, -0.15) is 5.10 Å². The monoisotopic (exact) mass is 521 g/mol. The molecule has 3 heterocycles. The highest BCUT2D eigenvalue weighted by molar-refractivity contribution is 6.07. The largest absolute Gasteiger partial charge is 0.380 e. The Morgan fingerprint density at radius 2 is 1.85 bits per heavy atom. The van der Waals surface area contributed by atoms with Crippen molar-refractivity contribution in [2.75, 3.05) is 37.3 Å². The van der Waals surface area contributed by atoms with Crippen LogP contribution in [0.3, 0.4) is 0 Å². The second-order valence-electron chi connectivity index (χ2n) is 9.97. The summed E-state index contributed by atoms with van der Waals surface area (Å²) in [5.41, 5.74) is 18.9. The summed E-state index contributed by atoms with van der Waals surface area (Å²) in [7, 11) is 2.12. The summed E-state index contributed by atoms with van der Waals surface area (Å²) in [4.78, 5) is 17.9.